The molecule has 3 nitrogen and oxygen atoms in total. The predicted octanol–water partition coefficient (Wildman–Crippen LogP) is 0.794. The highest BCUT2D eigenvalue weighted by Gasteiger charge is 1.94. The van der Waals surface area contributed by atoms with Crippen molar-refractivity contribution in [2.24, 2.45) is 0 Å². The minimum absolute atomic E-state index is 0.644. The smallest absolute Gasteiger partial charge is 0.219 e. The van der Waals surface area contributed by atoms with E-state index in [9.17, 15) is 0 Å². The van der Waals surface area contributed by atoms with Crippen LogP contribution in [0, 0.1) is 6.92 Å². The Labute approximate surface area is 53.7 Å². The van der Waals surface area contributed by atoms with Crippen molar-refractivity contribution in [2.75, 3.05) is 7.11 Å². The van der Waals surface area contributed by atoms with Gasteiger partial charge in [-0.05, 0) is 6.92 Å². The summed E-state index contributed by atoms with van der Waals surface area (Å²) in [5.41, 5.74) is 0.958. The van der Waals surface area contributed by atoms with Crippen molar-refractivity contribution in [3.8, 4) is 5.88 Å². The van der Waals surface area contributed by atoms with E-state index >= 15 is 0 Å². The van der Waals surface area contributed by atoms with E-state index in [1.807, 2.05) is 6.92 Å². The molecule has 0 saturated carbocycles. The van der Waals surface area contributed by atoms with Crippen molar-refractivity contribution in [2.45, 2.75) is 6.92 Å². The zero-order chi connectivity index (χ0) is 6.69. The SMILES string of the molecule is COc1ncncc1C. The molecule has 48 valence electrons. The predicted molar refractivity (Wildman–Crippen MR) is 33.3 cm³/mol. The molecule has 0 aliphatic heterocycles. The van der Waals surface area contributed by atoms with Crippen LogP contribution in [-0.4, -0.2) is 17.1 Å². The third-order valence-corrected chi connectivity index (χ3v) is 1.04. The van der Waals surface area contributed by atoms with Crippen LogP contribution in [0.25, 0.3) is 0 Å². The number of nitrogens with zero attached hydrogens (tertiary/aromatic N) is 2. The molecule has 0 N–H and O–H groups in total. The van der Waals surface area contributed by atoms with Gasteiger partial charge in [-0.15, -0.1) is 0 Å². The number of hydrogen-bond acceptors (Lipinski definition) is 3. The fourth-order valence-electron chi connectivity index (χ4n) is 0.602. The van der Waals surface area contributed by atoms with Crippen LogP contribution in [0.15, 0.2) is 12.5 Å². The molecule has 1 rings (SSSR count). The molecule has 0 atom stereocenters. The summed E-state index contributed by atoms with van der Waals surface area (Å²) in [6, 6.07) is 0. The van der Waals surface area contributed by atoms with Gasteiger partial charge >= 0.3 is 0 Å². The van der Waals surface area contributed by atoms with Crippen molar-refractivity contribution in [3.05, 3.63) is 18.1 Å². The maximum absolute atomic E-state index is 4.89. The van der Waals surface area contributed by atoms with Crippen LogP contribution in [0.2, 0.25) is 0 Å². The molecule has 0 fully saturated rings. The van der Waals surface area contributed by atoms with Crippen LogP contribution in [0.4, 0.5) is 0 Å². The van der Waals surface area contributed by atoms with E-state index in [1.165, 1.54) is 6.33 Å². The zero-order valence-corrected chi connectivity index (χ0v) is 5.46. The monoisotopic (exact) mass is 124 g/mol. The molecule has 0 bridgehead atoms. The molecule has 0 aliphatic carbocycles. The van der Waals surface area contributed by atoms with E-state index in [4.69, 9.17) is 4.74 Å². The van der Waals surface area contributed by atoms with E-state index in [1.54, 1.807) is 13.3 Å². The number of methoxy groups -OCH3 is 1. The second kappa shape index (κ2) is 2.44. The molecule has 0 unspecified atom stereocenters. The number of ether oxygens (including phenoxy) is 1. The summed E-state index contributed by atoms with van der Waals surface area (Å²) in [6.07, 6.45) is 3.18. The third-order valence-electron chi connectivity index (χ3n) is 1.04. The first kappa shape index (κ1) is 6.01. The van der Waals surface area contributed by atoms with Gasteiger partial charge in [-0.25, -0.2) is 9.97 Å². The lowest BCUT2D eigenvalue weighted by atomic mass is 10.4. The van der Waals surface area contributed by atoms with Gasteiger partial charge in [0.25, 0.3) is 0 Å². The normalized spacial score (nSPS) is 9.11. The van der Waals surface area contributed by atoms with Crippen LogP contribution in [-0.2, 0) is 0 Å². The average molecular weight is 124 g/mol. The van der Waals surface area contributed by atoms with Crippen molar-refractivity contribution in [3.63, 3.8) is 0 Å². The Bertz CT molecular complexity index is 200. The summed E-state index contributed by atoms with van der Waals surface area (Å²) in [4.78, 5) is 7.67. The molecule has 0 radical (unpaired) electrons. The van der Waals surface area contributed by atoms with E-state index < -0.39 is 0 Å². The van der Waals surface area contributed by atoms with E-state index in [2.05, 4.69) is 9.97 Å². The summed E-state index contributed by atoms with van der Waals surface area (Å²) < 4.78 is 4.89. The van der Waals surface area contributed by atoms with Gasteiger partial charge in [0.15, 0.2) is 0 Å². The largest absolute Gasteiger partial charge is 0.481 e. The number of aryl methyl sites for hydroxylation is 1. The molecule has 3 heteroatoms. The summed E-state index contributed by atoms with van der Waals surface area (Å²) in [5, 5.41) is 0. The molecule has 0 aromatic carbocycles. The average Bonchev–Trinajstić information content (AvgIpc) is 1.89. The zero-order valence-electron chi connectivity index (χ0n) is 5.46. The van der Waals surface area contributed by atoms with Crippen LogP contribution >= 0.6 is 0 Å². The molecule has 1 heterocycles. The van der Waals surface area contributed by atoms with Crippen LogP contribution < -0.4 is 4.74 Å². The number of aromatic nitrogens is 2. The van der Waals surface area contributed by atoms with Gasteiger partial charge in [0.05, 0.1) is 7.11 Å². The third kappa shape index (κ3) is 1.16. The topological polar surface area (TPSA) is 35.0 Å². The van der Waals surface area contributed by atoms with Crippen molar-refractivity contribution in [1.29, 1.82) is 0 Å². The van der Waals surface area contributed by atoms with Gasteiger partial charge in [-0.1, -0.05) is 0 Å². The molecule has 0 saturated heterocycles. The first-order chi connectivity index (χ1) is 4.34. The van der Waals surface area contributed by atoms with Crippen LogP contribution in [0.3, 0.4) is 0 Å². The van der Waals surface area contributed by atoms with Gasteiger partial charge in [-0.2, -0.15) is 0 Å². The summed E-state index contributed by atoms with van der Waals surface area (Å²) in [5.74, 6) is 0.644. The lowest BCUT2D eigenvalue weighted by Crippen LogP contribution is -1.90. The Morgan fingerprint density at radius 3 is 2.78 bits per heavy atom. The maximum atomic E-state index is 4.89. The summed E-state index contributed by atoms with van der Waals surface area (Å²) in [6.45, 7) is 1.90. The molecule has 0 spiro atoms. The quantitative estimate of drug-likeness (QED) is 0.555. The maximum Gasteiger partial charge on any atom is 0.219 e. The fraction of sp³-hybridized carbons (Fsp3) is 0.333. The highest BCUT2D eigenvalue weighted by Crippen LogP contribution is 2.08. The van der Waals surface area contributed by atoms with Gasteiger partial charge < -0.3 is 4.74 Å². The minimum atomic E-state index is 0.644. The minimum Gasteiger partial charge on any atom is -0.481 e. The standard InChI is InChI=1S/C6H8N2O/c1-5-3-7-4-8-6(5)9-2/h3-4H,1-2H3. The second-order valence-corrected chi connectivity index (χ2v) is 1.72. The van der Waals surface area contributed by atoms with Gasteiger partial charge in [0.1, 0.15) is 6.33 Å². The Balaban J connectivity index is 3.01. The Morgan fingerprint density at radius 1 is 1.56 bits per heavy atom. The second-order valence-electron chi connectivity index (χ2n) is 1.72. The van der Waals surface area contributed by atoms with Crippen molar-refractivity contribution >= 4 is 0 Å². The number of rotatable bonds is 1. The fourth-order valence-corrected chi connectivity index (χ4v) is 0.602. The molecule has 1 aromatic heterocycles. The van der Waals surface area contributed by atoms with Crippen LogP contribution in [0.1, 0.15) is 5.56 Å². The van der Waals surface area contributed by atoms with Crippen molar-refractivity contribution < 1.29 is 4.74 Å². The van der Waals surface area contributed by atoms with Gasteiger partial charge in [-0.3, -0.25) is 0 Å². The molecule has 1 aromatic rings. The Morgan fingerprint density at radius 2 is 2.33 bits per heavy atom. The van der Waals surface area contributed by atoms with Crippen molar-refractivity contribution in [1.82, 2.24) is 9.97 Å². The highest BCUT2D eigenvalue weighted by molar-refractivity contribution is 5.19. The highest BCUT2D eigenvalue weighted by atomic mass is 16.5. The lowest BCUT2D eigenvalue weighted by Gasteiger charge is -1.98. The van der Waals surface area contributed by atoms with Gasteiger partial charge in [0.2, 0.25) is 5.88 Å². The van der Waals surface area contributed by atoms with Gasteiger partial charge in [0, 0.05) is 11.8 Å². The summed E-state index contributed by atoms with van der Waals surface area (Å²) >= 11 is 0. The molecule has 0 aliphatic rings. The van der Waals surface area contributed by atoms with Crippen LogP contribution in [0.5, 0.6) is 5.88 Å². The lowest BCUT2D eigenvalue weighted by molar-refractivity contribution is 0.393. The summed E-state index contributed by atoms with van der Waals surface area (Å²) in [7, 11) is 1.59. The molecule has 9 heavy (non-hydrogen) atoms. The Hall–Kier alpha value is -1.12. The Kier molecular flexibility index (Phi) is 1.63. The molecular formula is C6H8N2O. The van der Waals surface area contributed by atoms with E-state index in [0.717, 1.165) is 5.56 Å². The molecule has 0 amide bonds. The molecular weight excluding hydrogens is 116 g/mol. The van der Waals surface area contributed by atoms with E-state index in [-0.39, 0.29) is 0 Å². The first-order valence-corrected chi connectivity index (χ1v) is 2.65. The number of hydrogen-bond donors (Lipinski definition) is 0. The van der Waals surface area contributed by atoms with E-state index in [0.29, 0.717) is 5.88 Å². The first-order valence-electron chi connectivity index (χ1n) is 2.65.